The summed E-state index contributed by atoms with van der Waals surface area (Å²) in [5.74, 6) is 1.14. The number of ether oxygens (including phenoxy) is 2. The number of methoxy groups -OCH3 is 1. The molecule has 96 valence electrons. The molecule has 0 aliphatic carbocycles. The van der Waals surface area contributed by atoms with Gasteiger partial charge in [-0.25, -0.2) is 0 Å². The summed E-state index contributed by atoms with van der Waals surface area (Å²) < 4.78 is 11.0. The van der Waals surface area contributed by atoms with Crippen molar-refractivity contribution in [2.75, 3.05) is 7.11 Å². The summed E-state index contributed by atoms with van der Waals surface area (Å²) in [5, 5.41) is 9.84. The van der Waals surface area contributed by atoms with Crippen molar-refractivity contribution in [3.8, 4) is 11.5 Å². The van der Waals surface area contributed by atoms with Gasteiger partial charge in [0.15, 0.2) is 11.5 Å². The van der Waals surface area contributed by atoms with E-state index in [4.69, 9.17) is 21.1 Å². The Bertz CT molecular complexity index is 341. The molecular formula is C13H19ClO3. The first-order valence-corrected chi connectivity index (χ1v) is 6.14. The van der Waals surface area contributed by atoms with Crippen LogP contribution in [0.5, 0.6) is 11.5 Å². The van der Waals surface area contributed by atoms with E-state index in [0.717, 1.165) is 12.8 Å². The third-order valence-electron chi connectivity index (χ3n) is 2.50. The van der Waals surface area contributed by atoms with Gasteiger partial charge in [0.05, 0.1) is 19.8 Å². The van der Waals surface area contributed by atoms with Crippen molar-refractivity contribution >= 4 is 11.6 Å². The maximum atomic E-state index is 9.31. The maximum Gasteiger partial charge on any atom is 0.167 e. The molecule has 1 N–H and O–H groups in total. The summed E-state index contributed by atoms with van der Waals surface area (Å²) in [5.41, 5.74) is 0.650. The molecule has 0 fully saturated rings. The molecule has 0 amide bonds. The standard InChI is InChI=1S/C13H19ClO3/c1-4-5-9(2)17-13-10(8-15)6-11(14)7-12(13)16-3/h6-7,9,15H,4-5,8H2,1-3H3. The number of rotatable bonds is 6. The van der Waals surface area contributed by atoms with Crippen LogP contribution in [0.2, 0.25) is 5.02 Å². The molecule has 1 aromatic rings. The molecule has 4 heteroatoms. The largest absolute Gasteiger partial charge is 0.493 e. The third kappa shape index (κ3) is 3.79. The maximum absolute atomic E-state index is 9.31. The van der Waals surface area contributed by atoms with Crippen LogP contribution >= 0.6 is 11.6 Å². The smallest absolute Gasteiger partial charge is 0.167 e. The molecule has 0 aliphatic rings. The van der Waals surface area contributed by atoms with Gasteiger partial charge in [0, 0.05) is 16.7 Å². The zero-order valence-corrected chi connectivity index (χ0v) is 11.3. The molecule has 1 aromatic carbocycles. The van der Waals surface area contributed by atoms with Gasteiger partial charge in [-0.3, -0.25) is 0 Å². The van der Waals surface area contributed by atoms with Gasteiger partial charge in [-0.05, 0) is 19.4 Å². The number of halogens is 1. The molecule has 0 heterocycles. The summed E-state index contributed by atoms with van der Waals surface area (Å²) >= 11 is 5.93. The zero-order valence-electron chi connectivity index (χ0n) is 10.5. The lowest BCUT2D eigenvalue weighted by Gasteiger charge is -2.19. The van der Waals surface area contributed by atoms with E-state index in [1.165, 1.54) is 0 Å². The Hall–Kier alpha value is -0.930. The van der Waals surface area contributed by atoms with Crippen LogP contribution in [-0.2, 0) is 6.61 Å². The SMILES string of the molecule is CCCC(C)Oc1c(CO)cc(Cl)cc1OC. The van der Waals surface area contributed by atoms with Crippen LogP contribution in [0.1, 0.15) is 32.3 Å². The molecule has 0 saturated heterocycles. The Morgan fingerprint density at radius 2 is 2.12 bits per heavy atom. The summed E-state index contributed by atoms with van der Waals surface area (Å²) in [7, 11) is 1.56. The summed E-state index contributed by atoms with van der Waals surface area (Å²) in [4.78, 5) is 0. The number of aliphatic hydroxyl groups excluding tert-OH is 1. The van der Waals surface area contributed by atoms with Gasteiger partial charge in [0.1, 0.15) is 0 Å². The Morgan fingerprint density at radius 1 is 1.41 bits per heavy atom. The predicted molar refractivity (Wildman–Crippen MR) is 68.9 cm³/mol. The van der Waals surface area contributed by atoms with E-state index in [2.05, 4.69) is 6.92 Å². The summed E-state index contributed by atoms with van der Waals surface area (Å²) in [6.45, 7) is 3.98. The van der Waals surface area contributed by atoms with Gasteiger partial charge in [-0.15, -0.1) is 0 Å². The first-order valence-electron chi connectivity index (χ1n) is 5.76. The molecule has 1 atom stereocenters. The van der Waals surface area contributed by atoms with Crippen molar-refractivity contribution in [1.29, 1.82) is 0 Å². The fourth-order valence-corrected chi connectivity index (χ4v) is 1.92. The van der Waals surface area contributed by atoms with E-state index in [1.807, 2.05) is 6.92 Å². The Labute approximate surface area is 107 Å². The van der Waals surface area contributed by atoms with Crippen molar-refractivity contribution in [3.05, 3.63) is 22.7 Å². The highest BCUT2D eigenvalue weighted by atomic mass is 35.5. The van der Waals surface area contributed by atoms with Crippen LogP contribution in [0, 0.1) is 0 Å². The number of aliphatic hydroxyl groups is 1. The van der Waals surface area contributed by atoms with Crippen molar-refractivity contribution < 1.29 is 14.6 Å². The predicted octanol–water partition coefficient (Wildman–Crippen LogP) is 3.41. The average molecular weight is 259 g/mol. The minimum Gasteiger partial charge on any atom is -0.493 e. The average Bonchev–Trinajstić information content (AvgIpc) is 2.31. The molecule has 3 nitrogen and oxygen atoms in total. The van der Waals surface area contributed by atoms with Gasteiger partial charge in [-0.2, -0.15) is 0 Å². The number of hydrogen-bond acceptors (Lipinski definition) is 3. The van der Waals surface area contributed by atoms with E-state index in [1.54, 1.807) is 19.2 Å². The fraction of sp³-hybridized carbons (Fsp3) is 0.538. The second-order valence-corrected chi connectivity index (χ2v) is 4.41. The molecule has 0 saturated carbocycles. The Morgan fingerprint density at radius 3 is 2.65 bits per heavy atom. The lowest BCUT2D eigenvalue weighted by atomic mass is 10.1. The minimum absolute atomic E-state index is 0.0837. The Balaban J connectivity index is 3.02. The Kier molecular flexibility index (Phi) is 5.59. The first kappa shape index (κ1) is 14.1. The molecule has 0 bridgehead atoms. The summed E-state index contributed by atoms with van der Waals surface area (Å²) in [6, 6.07) is 3.38. The molecule has 0 spiro atoms. The monoisotopic (exact) mass is 258 g/mol. The fourth-order valence-electron chi connectivity index (χ4n) is 1.69. The number of benzene rings is 1. The van der Waals surface area contributed by atoms with Gasteiger partial charge in [0.25, 0.3) is 0 Å². The lowest BCUT2D eigenvalue weighted by Crippen LogP contribution is -2.13. The quantitative estimate of drug-likeness (QED) is 0.850. The molecule has 0 aromatic heterocycles. The topological polar surface area (TPSA) is 38.7 Å². The van der Waals surface area contributed by atoms with E-state index >= 15 is 0 Å². The second kappa shape index (κ2) is 6.72. The molecule has 17 heavy (non-hydrogen) atoms. The van der Waals surface area contributed by atoms with E-state index in [9.17, 15) is 5.11 Å². The molecule has 0 radical (unpaired) electrons. The van der Waals surface area contributed by atoms with Gasteiger partial charge in [-0.1, -0.05) is 24.9 Å². The molecular weight excluding hydrogens is 240 g/mol. The third-order valence-corrected chi connectivity index (χ3v) is 2.72. The van der Waals surface area contributed by atoms with E-state index in [-0.39, 0.29) is 12.7 Å². The minimum atomic E-state index is -0.120. The van der Waals surface area contributed by atoms with Crippen molar-refractivity contribution in [1.82, 2.24) is 0 Å². The van der Waals surface area contributed by atoms with Crippen LogP contribution in [-0.4, -0.2) is 18.3 Å². The molecule has 0 aliphatic heterocycles. The van der Waals surface area contributed by atoms with Crippen LogP contribution in [0.3, 0.4) is 0 Å². The van der Waals surface area contributed by atoms with Gasteiger partial charge < -0.3 is 14.6 Å². The highest BCUT2D eigenvalue weighted by Gasteiger charge is 2.14. The zero-order chi connectivity index (χ0) is 12.8. The first-order chi connectivity index (χ1) is 8.12. The van der Waals surface area contributed by atoms with Crippen LogP contribution in [0.15, 0.2) is 12.1 Å². The lowest BCUT2D eigenvalue weighted by molar-refractivity contribution is 0.191. The molecule has 1 unspecified atom stereocenters. The van der Waals surface area contributed by atoms with E-state index in [0.29, 0.717) is 22.1 Å². The highest BCUT2D eigenvalue weighted by Crippen LogP contribution is 2.35. The van der Waals surface area contributed by atoms with Crippen molar-refractivity contribution in [2.45, 2.75) is 39.4 Å². The van der Waals surface area contributed by atoms with Gasteiger partial charge >= 0.3 is 0 Å². The van der Waals surface area contributed by atoms with Crippen molar-refractivity contribution in [3.63, 3.8) is 0 Å². The van der Waals surface area contributed by atoms with E-state index < -0.39 is 0 Å². The van der Waals surface area contributed by atoms with Crippen molar-refractivity contribution in [2.24, 2.45) is 0 Å². The van der Waals surface area contributed by atoms with Crippen LogP contribution in [0.25, 0.3) is 0 Å². The summed E-state index contributed by atoms with van der Waals surface area (Å²) in [6.07, 6.45) is 2.09. The second-order valence-electron chi connectivity index (χ2n) is 3.97. The normalized spacial score (nSPS) is 12.3. The molecule has 1 rings (SSSR count). The highest BCUT2D eigenvalue weighted by molar-refractivity contribution is 6.30. The van der Waals surface area contributed by atoms with Gasteiger partial charge in [0.2, 0.25) is 0 Å². The number of hydrogen-bond donors (Lipinski definition) is 1. The van der Waals surface area contributed by atoms with Crippen LogP contribution < -0.4 is 9.47 Å². The van der Waals surface area contributed by atoms with Crippen LogP contribution in [0.4, 0.5) is 0 Å².